The highest BCUT2D eigenvalue weighted by Gasteiger charge is 2.17. The van der Waals surface area contributed by atoms with Gasteiger partial charge < -0.3 is 9.88 Å². The van der Waals surface area contributed by atoms with Crippen molar-refractivity contribution in [3.8, 4) is 0 Å². The zero-order valence-electron chi connectivity index (χ0n) is 12.8. The number of nitrogens with zero attached hydrogens (tertiary/aromatic N) is 2. The highest BCUT2D eigenvalue weighted by Crippen LogP contribution is 2.22. The van der Waals surface area contributed by atoms with Crippen LogP contribution in [-0.4, -0.2) is 15.5 Å². The molecule has 1 aromatic heterocycles. The molecule has 0 spiro atoms. The number of benzene rings is 2. The smallest absolute Gasteiger partial charge is 0.217 e. The zero-order chi connectivity index (χ0) is 15.5. The minimum absolute atomic E-state index is 0.0502. The van der Waals surface area contributed by atoms with Crippen molar-refractivity contribution < 1.29 is 4.79 Å². The van der Waals surface area contributed by atoms with E-state index in [1.54, 1.807) is 0 Å². The van der Waals surface area contributed by atoms with Crippen LogP contribution in [0.2, 0.25) is 0 Å². The molecule has 2 aromatic carbocycles. The summed E-state index contributed by atoms with van der Waals surface area (Å²) in [4.78, 5) is 16.1. The van der Waals surface area contributed by atoms with Crippen molar-refractivity contribution in [1.29, 1.82) is 0 Å². The van der Waals surface area contributed by atoms with Gasteiger partial charge in [0.2, 0.25) is 5.91 Å². The van der Waals surface area contributed by atoms with Gasteiger partial charge in [-0.1, -0.05) is 42.5 Å². The van der Waals surface area contributed by atoms with Gasteiger partial charge in [0.1, 0.15) is 5.82 Å². The van der Waals surface area contributed by atoms with Crippen LogP contribution in [0.3, 0.4) is 0 Å². The number of rotatable bonds is 4. The fourth-order valence-electron chi connectivity index (χ4n) is 2.73. The maximum atomic E-state index is 11.4. The zero-order valence-corrected chi connectivity index (χ0v) is 12.8. The fraction of sp³-hybridized carbons (Fsp3) is 0.222. The Kier molecular flexibility index (Phi) is 3.92. The number of aromatic nitrogens is 2. The summed E-state index contributed by atoms with van der Waals surface area (Å²) >= 11 is 0. The second-order valence-electron chi connectivity index (χ2n) is 5.45. The first-order valence-corrected chi connectivity index (χ1v) is 7.41. The van der Waals surface area contributed by atoms with Gasteiger partial charge in [-0.25, -0.2) is 4.98 Å². The van der Waals surface area contributed by atoms with Gasteiger partial charge in [0.25, 0.3) is 0 Å². The largest absolute Gasteiger partial charge is 0.347 e. The van der Waals surface area contributed by atoms with E-state index >= 15 is 0 Å². The number of carbonyl (C=O) groups is 1. The number of imidazole rings is 1. The number of hydrogen-bond acceptors (Lipinski definition) is 2. The van der Waals surface area contributed by atoms with Crippen LogP contribution < -0.4 is 5.32 Å². The minimum atomic E-state index is -0.131. The number of hydrogen-bond donors (Lipinski definition) is 1. The standard InChI is InChI=1S/C18H19N3O/c1-13(19-14(2)22)18-20-16-10-6-7-11-17(16)21(18)12-15-8-4-3-5-9-15/h3-11,13H,12H2,1-2H3,(H,19,22)/t13-/m1/s1. The molecule has 1 amide bonds. The molecule has 0 unspecified atom stereocenters. The Bertz CT molecular complexity index is 792. The molecule has 22 heavy (non-hydrogen) atoms. The average molecular weight is 293 g/mol. The van der Waals surface area contributed by atoms with Gasteiger partial charge in [-0.15, -0.1) is 0 Å². The van der Waals surface area contributed by atoms with E-state index in [1.807, 2.05) is 43.3 Å². The summed E-state index contributed by atoms with van der Waals surface area (Å²) < 4.78 is 2.17. The van der Waals surface area contributed by atoms with Crippen molar-refractivity contribution >= 4 is 16.9 Å². The van der Waals surface area contributed by atoms with Crippen molar-refractivity contribution in [2.75, 3.05) is 0 Å². The molecule has 112 valence electrons. The third-order valence-electron chi connectivity index (χ3n) is 3.67. The Balaban J connectivity index is 2.06. The summed E-state index contributed by atoms with van der Waals surface area (Å²) in [7, 11) is 0. The summed E-state index contributed by atoms with van der Waals surface area (Å²) in [5.41, 5.74) is 3.24. The molecular formula is C18H19N3O. The van der Waals surface area contributed by atoms with E-state index in [0.29, 0.717) is 0 Å². The van der Waals surface area contributed by atoms with E-state index < -0.39 is 0 Å². The number of nitrogens with one attached hydrogen (secondary N) is 1. The summed E-state index contributed by atoms with van der Waals surface area (Å²) in [6.07, 6.45) is 0. The van der Waals surface area contributed by atoms with Gasteiger partial charge in [0, 0.05) is 13.5 Å². The van der Waals surface area contributed by atoms with E-state index in [0.717, 1.165) is 23.4 Å². The predicted octanol–water partition coefficient (Wildman–Crippen LogP) is 3.28. The van der Waals surface area contributed by atoms with Gasteiger partial charge in [-0.2, -0.15) is 0 Å². The molecule has 1 atom stereocenters. The lowest BCUT2D eigenvalue weighted by Crippen LogP contribution is -2.26. The van der Waals surface area contributed by atoms with Gasteiger partial charge in [-0.3, -0.25) is 4.79 Å². The Morgan fingerprint density at radius 1 is 1.14 bits per heavy atom. The molecule has 0 aliphatic rings. The monoisotopic (exact) mass is 293 g/mol. The van der Waals surface area contributed by atoms with Crippen LogP contribution in [-0.2, 0) is 11.3 Å². The second kappa shape index (κ2) is 6.02. The van der Waals surface area contributed by atoms with Crippen molar-refractivity contribution in [1.82, 2.24) is 14.9 Å². The number of carbonyl (C=O) groups excluding carboxylic acids is 1. The highest BCUT2D eigenvalue weighted by molar-refractivity contribution is 5.77. The molecule has 0 fully saturated rings. The molecule has 4 heteroatoms. The molecule has 0 saturated heterocycles. The van der Waals surface area contributed by atoms with Crippen LogP contribution in [0, 0.1) is 0 Å². The van der Waals surface area contributed by atoms with Gasteiger partial charge in [0.15, 0.2) is 0 Å². The molecule has 4 nitrogen and oxygen atoms in total. The molecule has 3 rings (SSSR count). The van der Waals surface area contributed by atoms with Crippen LogP contribution in [0.4, 0.5) is 0 Å². The molecular weight excluding hydrogens is 274 g/mol. The van der Waals surface area contributed by atoms with E-state index in [-0.39, 0.29) is 11.9 Å². The van der Waals surface area contributed by atoms with Crippen molar-refractivity contribution in [3.05, 3.63) is 66.0 Å². The summed E-state index contributed by atoms with van der Waals surface area (Å²) in [6.45, 7) is 4.23. The van der Waals surface area contributed by atoms with Crippen LogP contribution in [0.25, 0.3) is 11.0 Å². The number of amides is 1. The number of fused-ring (bicyclic) bond motifs is 1. The first kappa shape index (κ1) is 14.3. The fourth-order valence-corrected chi connectivity index (χ4v) is 2.73. The molecule has 0 aliphatic heterocycles. The first-order chi connectivity index (χ1) is 10.6. The Morgan fingerprint density at radius 2 is 1.82 bits per heavy atom. The maximum Gasteiger partial charge on any atom is 0.217 e. The summed E-state index contributed by atoms with van der Waals surface area (Å²) in [6, 6.07) is 18.2. The molecule has 3 aromatic rings. The topological polar surface area (TPSA) is 46.9 Å². The van der Waals surface area contributed by atoms with E-state index in [9.17, 15) is 4.79 Å². The molecule has 1 N–H and O–H groups in total. The minimum Gasteiger partial charge on any atom is -0.347 e. The maximum absolute atomic E-state index is 11.4. The van der Waals surface area contributed by atoms with Crippen LogP contribution >= 0.6 is 0 Å². The second-order valence-corrected chi connectivity index (χ2v) is 5.45. The van der Waals surface area contributed by atoms with Gasteiger partial charge in [-0.05, 0) is 24.6 Å². The van der Waals surface area contributed by atoms with E-state index in [2.05, 4.69) is 28.1 Å². The third-order valence-corrected chi connectivity index (χ3v) is 3.67. The Hall–Kier alpha value is -2.62. The Labute approximate surface area is 129 Å². The predicted molar refractivity (Wildman–Crippen MR) is 87.5 cm³/mol. The lowest BCUT2D eigenvalue weighted by atomic mass is 10.2. The normalized spacial score (nSPS) is 12.3. The van der Waals surface area contributed by atoms with E-state index in [4.69, 9.17) is 4.98 Å². The lowest BCUT2D eigenvalue weighted by Gasteiger charge is -2.15. The summed E-state index contributed by atoms with van der Waals surface area (Å²) in [5, 5.41) is 2.92. The molecule has 0 saturated carbocycles. The highest BCUT2D eigenvalue weighted by atomic mass is 16.1. The SMILES string of the molecule is CC(=O)N[C@H](C)c1nc2ccccc2n1Cc1ccccc1. The Morgan fingerprint density at radius 3 is 2.55 bits per heavy atom. The number of para-hydroxylation sites is 2. The van der Waals surface area contributed by atoms with Crippen LogP contribution in [0.1, 0.15) is 31.3 Å². The molecule has 0 aliphatic carbocycles. The average Bonchev–Trinajstić information content (AvgIpc) is 2.87. The van der Waals surface area contributed by atoms with Crippen molar-refractivity contribution in [2.45, 2.75) is 26.4 Å². The quantitative estimate of drug-likeness (QED) is 0.802. The van der Waals surface area contributed by atoms with Crippen molar-refractivity contribution in [3.63, 3.8) is 0 Å². The van der Waals surface area contributed by atoms with E-state index in [1.165, 1.54) is 12.5 Å². The lowest BCUT2D eigenvalue weighted by molar-refractivity contribution is -0.119. The molecule has 0 radical (unpaired) electrons. The van der Waals surface area contributed by atoms with Crippen molar-refractivity contribution in [2.24, 2.45) is 0 Å². The molecule has 1 heterocycles. The van der Waals surface area contributed by atoms with Gasteiger partial charge >= 0.3 is 0 Å². The third kappa shape index (κ3) is 2.86. The van der Waals surface area contributed by atoms with Crippen LogP contribution in [0.5, 0.6) is 0 Å². The molecule has 0 bridgehead atoms. The first-order valence-electron chi connectivity index (χ1n) is 7.41. The van der Waals surface area contributed by atoms with Crippen LogP contribution in [0.15, 0.2) is 54.6 Å². The summed E-state index contributed by atoms with van der Waals surface area (Å²) in [5.74, 6) is 0.825. The van der Waals surface area contributed by atoms with Gasteiger partial charge in [0.05, 0.1) is 17.1 Å².